The highest BCUT2D eigenvalue weighted by Gasteiger charge is 2.23. The molecule has 0 unspecified atom stereocenters. The van der Waals surface area contributed by atoms with Crippen molar-refractivity contribution in [1.29, 1.82) is 0 Å². The van der Waals surface area contributed by atoms with Crippen molar-refractivity contribution < 1.29 is 13.6 Å². The number of aromatic nitrogens is 3. The van der Waals surface area contributed by atoms with E-state index in [1.807, 2.05) is 30.3 Å². The van der Waals surface area contributed by atoms with Gasteiger partial charge in [0.25, 0.3) is 5.91 Å². The van der Waals surface area contributed by atoms with Gasteiger partial charge in [-0.05, 0) is 29.8 Å². The van der Waals surface area contributed by atoms with Gasteiger partial charge in [-0.15, -0.1) is 5.10 Å². The number of amides is 1. The molecule has 0 fully saturated rings. The van der Waals surface area contributed by atoms with E-state index >= 15 is 0 Å². The second kappa shape index (κ2) is 6.44. The number of rotatable bonds is 4. The summed E-state index contributed by atoms with van der Waals surface area (Å²) in [4.78, 5) is 16.5. The predicted octanol–water partition coefficient (Wildman–Crippen LogP) is 3.08. The lowest BCUT2D eigenvalue weighted by Gasteiger charge is -2.02. The zero-order valence-electron chi connectivity index (χ0n) is 13.9. The molecule has 26 heavy (non-hydrogen) atoms. The first-order valence-electron chi connectivity index (χ1n) is 8.06. The van der Waals surface area contributed by atoms with Crippen LogP contribution in [0.5, 0.6) is 0 Å². The molecule has 0 saturated heterocycles. The lowest BCUT2D eigenvalue weighted by atomic mass is 10.1. The Bertz CT molecular complexity index is 1070. The summed E-state index contributed by atoms with van der Waals surface area (Å²) in [6.45, 7) is 0. The number of fused-ring (bicyclic) bond motifs is 1. The van der Waals surface area contributed by atoms with Crippen LogP contribution in [0.15, 0.2) is 59.0 Å². The van der Waals surface area contributed by atoms with E-state index in [0.29, 0.717) is 23.5 Å². The summed E-state index contributed by atoms with van der Waals surface area (Å²) in [7, 11) is 1.54. The molecule has 2 aromatic heterocycles. The van der Waals surface area contributed by atoms with Crippen molar-refractivity contribution in [1.82, 2.24) is 19.9 Å². The Morgan fingerprint density at radius 1 is 1.15 bits per heavy atom. The van der Waals surface area contributed by atoms with E-state index in [0.717, 1.165) is 5.56 Å². The summed E-state index contributed by atoms with van der Waals surface area (Å²) in [6.07, 6.45) is 0.461. The van der Waals surface area contributed by atoms with Crippen molar-refractivity contribution in [3.63, 3.8) is 0 Å². The smallest absolute Gasteiger partial charge is 0.325 e. The molecule has 130 valence electrons. The Labute approximate surface area is 148 Å². The molecule has 0 spiro atoms. The first kappa shape index (κ1) is 16.0. The lowest BCUT2D eigenvalue weighted by Crippen LogP contribution is -2.19. The predicted molar refractivity (Wildman–Crippen MR) is 93.3 cm³/mol. The summed E-state index contributed by atoms with van der Waals surface area (Å²) in [6, 6.07) is 15.6. The fraction of sp³-hybridized carbons (Fsp3) is 0.105. The van der Waals surface area contributed by atoms with Gasteiger partial charge < -0.3 is 9.73 Å². The minimum Gasteiger partial charge on any atom is -0.416 e. The van der Waals surface area contributed by atoms with Crippen molar-refractivity contribution in [2.75, 3.05) is 7.05 Å². The second-order valence-corrected chi connectivity index (χ2v) is 5.76. The maximum atomic E-state index is 13.1. The maximum Gasteiger partial charge on any atom is 0.325 e. The third kappa shape index (κ3) is 2.83. The number of carbonyl (C=O) groups excluding carboxylic acids is 1. The summed E-state index contributed by atoms with van der Waals surface area (Å²) in [5.74, 6) is 0.127. The molecule has 0 bridgehead atoms. The zero-order chi connectivity index (χ0) is 18.1. The number of benzene rings is 2. The molecular weight excluding hydrogens is 335 g/mol. The molecule has 2 heterocycles. The molecule has 0 aliphatic rings. The van der Waals surface area contributed by atoms with E-state index in [1.165, 1.54) is 23.7 Å². The van der Waals surface area contributed by atoms with Crippen LogP contribution in [-0.2, 0) is 6.42 Å². The van der Waals surface area contributed by atoms with Gasteiger partial charge in [0, 0.05) is 19.0 Å². The van der Waals surface area contributed by atoms with Crippen LogP contribution in [0.4, 0.5) is 4.39 Å². The fourth-order valence-corrected chi connectivity index (χ4v) is 2.74. The normalized spacial score (nSPS) is 11.0. The standard InChI is InChI=1S/C19H15FN4O2/c1-21-18(25)16-15(11-12-5-3-2-4-6-12)24-19(26-16)22-17(23-24)13-7-9-14(20)10-8-13/h2-10H,11H2,1H3,(H,21,25). The number of hydrogen-bond acceptors (Lipinski definition) is 4. The van der Waals surface area contributed by atoms with Crippen LogP contribution in [-0.4, -0.2) is 27.6 Å². The Morgan fingerprint density at radius 3 is 2.58 bits per heavy atom. The highest BCUT2D eigenvalue weighted by molar-refractivity contribution is 5.92. The topological polar surface area (TPSA) is 72.4 Å². The van der Waals surface area contributed by atoms with Gasteiger partial charge in [-0.2, -0.15) is 9.50 Å². The van der Waals surface area contributed by atoms with Crippen LogP contribution >= 0.6 is 0 Å². The third-order valence-electron chi connectivity index (χ3n) is 4.04. The minimum absolute atomic E-state index is 0.178. The van der Waals surface area contributed by atoms with Crippen LogP contribution in [0.25, 0.3) is 17.2 Å². The van der Waals surface area contributed by atoms with Gasteiger partial charge in [0.1, 0.15) is 11.5 Å². The number of hydrogen-bond donors (Lipinski definition) is 1. The van der Waals surface area contributed by atoms with Gasteiger partial charge in [0.15, 0.2) is 5.82 Å². The van der Waals surface area contributed by atoms with E-state index in [2.05, 4.69) is 15.4 Å². The SMILES string of the molecule is CNC(=O)c1oc2nc(-c3ccc(F)cc3)nn2c1Cc1ccccc1. The summed E-state index contributed by atoms with van der Waals surface area (Å²) in [5, 5.41) is 7.02. The summed E-state index contributed by atoms with van der Waals surface area (Å²) >= 11 is 0. The van der Waals surface area contributed by atoms with Crippen LogP contribution < -0.4 is 5.32 Å². The number of nitrogens with zero attached hydrogens (tertiary/aromatic N) is 3. The highest BCUT2D eigenvalue weighted by atomic mass is 19.1. The van der Waals surface area contributed by atoms with E-state index in [4.69, 9.17) is 4.42 Å². The van der Waals surface area contributed by atoms with Crippen molar-refractivity contribution in [2.24, 2.45) is 0 Å². The van der Waals surface area contributed by atoms with Gasteiger partial charge in [-0.1, -0.05) is 30.3 Å². The Morgan fingerprint density at radius 2 is 1.88 bits per heavy atom. The Hall–Kier alpha value is -3.48. The molecule has 4 aromatic rings. The number of carbonyl (C=O) groups is 1. The average Bonchev–Trinajstić information content (AvgIpc) is 3.22. The van der Waals surface area contributed by atoms with Crippen LogP contribution in [0, 0.1) is 5.82 Å². The van der Waals surface area contributed by atoms with Crippen molar-refractivity contribution in [3.8, 4) is 11.4 Å². The molecule has 0 saturated carbocycles. The summed E-state index contributed by atoms with van der Waals surface area (Å²) in [5.41, 5.74) is 2.28. The molecule has 0 aliphatic heterocycles. The molecule has 2 aromatic carbocycles. The lowest BCUT2D eigenvalue weighted by molar-refractivity contribution is 0.0936. The molecule has 1 N–H and O–H groups in total. The number of nitrogens with one attached hydrogen (secondary N) is 1. The van der Waals surface area contributed by atoms with Crippen molar-refractivity contribution in [3.05, 3.63) is 77.4 Å². The molecule has 0 atom stereocenters. The van der Waals surface area contributed by atoms with Crippen molar-refractivity contribution >= 4 is 11.8 Å². The first-order valence-corrected chi connectivity index (χ1v) is 8.06. The Kier molecular flexibility index (Phi) is 3.96. The molecular formula is C19H15FN4O2. The zero-order valence-corrected chi connectivity index (χ0v) is 13.9. The summed E-state index contributed by atoms with van der Waals surface area (Å²) < 4.78 is 20.3. The molecule has 7 heteroatoms. The minimum atomic E-state index is -0.341. The quantitative estimate of drug-likeness (QED) is 0.614. The second-order valence-electron chi connectivity index (χ2n) is 5.76. The molecule has 6 nitrogen and oxygen atoms in total. The van der Waals surface area contributed by atoms with Gasteiger partial charge in [-0.25, -0.2) is 4.39 Å². The van der Waals surface area contributed by atoms with E-state index in [9.17, 15) is 9.18 Å². The van der Waals surface area contributed by atoms with E-state index in [-0.39, 0.29) is 23.3 Å². The molecule has 0 aliphatic carbocycles. The maximum absolute atomic E-state index is 13.1. The van der Waals surface area contributed by atoms with Gasteiger partial charge in [0.05, 0.1) is 0 Å². The molecule has 0 radical (unpaired) electrons. The molecule has 1 amide bonds. The Balaban J connectivity index is 1.82. The number of halogens is 1. The molecule has 4 rings (SSSR count). The fourth-order valence-electron chi connectivity index (χ4n) is 2.74. The monoisotopic (exact) mass is 350 g/mol. The van der Waals surface area contributed by atoms with Crippen LogP contribution in [0.3, 0.4) is 0 Å². The largest absolute Gasteiger partial charge is 0.416 e. The third-order valence-corrected chi connectivity index (χ3v) is 4.04. The van der Waals surface area contributed by atoms with Crippen LogP contribution in [0.2, 0.25) is 0 Å². The van der Waals surface area contributed by atoms with Gasteiger partial charge >= 0.3 is 5.84 Å². The number of oxazole rings is 1. The van der Waals surface area contributed by atoms with Crippen LogP contribution in [0.1, 0.15) is 21.8 Å². The first-order chi connectivity index (χ1) is 12.7. The highest BCUT2D eigenvalue weighted by Crippen LogP contribution is 2.23. The van der Waals surface area contributed by atoms with E-state index < -0.39 is 0 Å². The van der Waals surface area contributed by atoms with Gasteiger partial charge in [-0.3, -0.25) is 4.79 Å². The van der Waals surface area contributed by atoms with E-state index in [1.54, 1.807) is 12.1 Å². The van der Waals surface area contributed by atoms with Gasteiger partial charge in [0.2, 0.25) is 5.76 Å². The van der Waals surface area contributed by atoms with Crippen molar-refractivity contribution in [2.45, 2.75) is 6.42 Å². The average molecular weight is 350 g/mol.